The van der Waals surface area contributed by atoms with Crippen molar-refractivity contribution in [3.8, 4) is 0 Å². The minimum atomic E-state index is 0.659. The molecule has 1 aromatic rings. The van der Waals surface area contributed by atoms with Crippen LogP contribution in [-0.2, 0) is 6.42 Å². The molecule has 1 saturated heterocycles. The van der Waals surface area contributed by atoms with Crippen molar-refractivity contribution in [2.45, 2.75) is 33.1 Å². The lowest BCUT2D eigenvalue weighted by molar-refractivity contribution is 0.391. The molecule has 0 amide bonds. The van der Waals surface area contributed by atoms with E-state index in [-0.39, 0.29) is 0 Å². The van der Waals surface area contributed by atoms with Crippen LogP contribution in [-0.4, -0.2) is 36.6 Å². The van der Waals surface area contributed by atoms with Crippen LogP contribution in [0.2, 0.25) is 0 Å². The molecule has 4 nitrogen and oxygen atoms in total. The molecule has 0 bridgehead atoms. The van der Waals surface area contributed by atoms with Crippen molar-refractivity contribution in [1.82, 2.24) is 15.3 Å². The lowest BCUT2D eigenvalue weighted by atomic mass is 9.97. The molecule has 1 N–H and O–H groups in total. The number of rotatable bonds is 5. The molecule has 4 heteroatoms. The third kappa shape index (κ3) is 4.16. The van der Waals surface area contributed by atoms with Crippen molar-refractivity contribution < 1.29 is 0 Å². The van der Waals surface area contributed by atoms with E-state index < -0.39 is 0 Å². The van der Waals surface area contributed by atoms with Gasteiger partial charge < -0.3 is 10.2 Å². The molecule has 1 fully saturated rings. The van der Waals surface area contributed by atoms with Gasteiger partial charge >= 0.3 is 0 Å². The Kier molecular flexibility index (Phi) is 5.14. The summed E-state index contributed by atoms with van der Waals surface area (Å²) >= 11 is 0. The van der Waals surface area contributed by atoms with E-state index in [1.807, 2.05) is 19.4 Å². The molecule has 0 radical (unpaired) electrons. The topological polar surface area (TPSA) is 41.0 Å². The van der Waals surface area contributed by atoms with Gasteiger partial charge in [0, 0.05) is 25.5 Å². The molecule has 1 aromatic heterocycles. The van der Waals surface area contributed by atoms with Crippen LogP contribution in [0.4, 0.5) is 5.95 Å². The fourth-order valence-corrected chi connectivity index (χ4v) is 2.71. The maximum absolute atomic E-state index is 4.53. The summed E-state index contributed by atoms with van der Waals surface area (Å²) in [5.41, 5.74) is 1.24. The largest absolute Gasteiger partial charge is 0.341 e. The predicted molar refractivity (Wildman–Crippen MR) is 79.4 cm³/mol. The molecule has 0 unspecified atom stereocenters. The minimum Gasteiger partial charge on any atom is -0.341 e. The summed E-state index contributed by atoms with van der Waals surface area (Å²) in [5, 5.41) is 3.27. The summed E-state index contributed by atoms with van der Waals surface area (Å²) in [4.78, 5) is 11.4. The van der Waals surface area contributed by atoms with E-state index in [1.54, 1.807) is 0 Å². The Morgan fingerprint density at radius 1 is 1.26 bits per heavy atom. The lowest BCUT2D eigenvalue weighted by Crippen LogP contribution is -2.37. The van der Waals surface area contributed by atoms with Gasteiger partial charge in [0.1, 0.15) is 0 Å². The van der Waals surface area contributed by atoms with E-state index in [9.17, 15) is 0 Å². The average molecular weight is 262 g/mol. The molecule has 19 heavy (non-hydrogen) atoms. The van der Waals surface area contributed by atoms with Gasteiger partial charge in [-0.1, -0.05) is 13.8 Å². The summed E-state index contributed by atoms with van der Waals surface area (Å²) < 4.78 is 0. The Labute approximate surface area is 116 Å². The minimum absolute atomic E-state index is 0.659. The Morgan fingerprint density at radius 3 is 2.42 bits per heavy atom. The second-order valence-electron chi connectivity index (χ2n) is 5.98. The smallest absolute Gasteiger partial charge is 0.225 e. The Morgan fingerprint density at radius 2 is 1.89 bits per heavy atom. The highest BCUT2D eigenvalue weighted by Crippen LogP contribution is 2.20. The van der Waals surface area contributed by atoms with Gasteiger partial charge in [0.05, 0.1) is 0 Å². The van der Waals surface area contributed by atoms with Gasteiger partial charge in [0.25, 0.3) is 0 Å². The number of aromatic nitrogens is 2. The van der Waals surface area contributed by atoms with Crippen LogP contribution in [0.25, 0.3) is 0 Å². The highest BCUT2D eigenvalue weighted by Gasteiger charge is 2.20. The van der Waals surface area contributed by atoms with Crippen LogP contribution in [0.15, 0.2) is 12.4 Å². The number of nitrogens with one attached hydrogen (secondary N) is 1. The summed E-state index contributed by atoms with van der Waals surface area (Å²) in [6.07, 6.45) is 7.50. The van der Waals surface area contributed by atoms with Crippen molar-refractivity contribution >= 4 is 5.95 Å². The SMILES string of the molecule is CNCC1CCN(c2ncc(CC(C)C)cn2)CC1. The highest BCUT2D eigenvalue weighted by atomic mass is 15.2. The zero-order valence-corrected chi connectivity index (χ0v) is 12.4. The summed E-state index contributed by atoms with van der Waals surface area (Å²) in [6, 6.07) is 0. The van der Waals surface area contributed by atoms with Crippen molar-refractivity contribution in [2.75, 3.05) is 31.6 Å². The van der Waals surface area contributed by atoms with E-state index in [1.165, 1.54) is 18.4 Å². The number of anilines is 1. The van der Waals surface area contributed by atoms with Crippen LogP contribution in [0.5, 0.6) is 0 Å². The number of piperidine rings is 1. The molecule has 0 saturated carbocycles. The van der Waals surface area contributed by atoms with Gasteiger partial charge in [-0.25, -0.2) is 9.97 Å². The van der Waals surface area contributed by atoms with Crippen molar-refractivity contribution in [3.05, 3.63) is 18.0 Å². The first-order valence-electron chi connectivity index (χ1n) is 7.39. The van der Waals surface area contributed by atoms with E-state index in [0.29, 0.717) is 5.92 Å². The average Bonchev–Trinajstić information content (AvgIpc) is 2.40. The van der Waals surface area contributed by atoms with E-state index in [2.05, 4.69) is 34.0 Å². The summed E-state index contributed by atoms with van der Waals surface area (Å²) in [6.45, 7) is 7.73. The van der Waals surface area contributed by atoms with Gasteiger partial charge in [0.2, 0.25) is 5.95 Å². The van der Waals surface area contributed by atoms with Crippen molar-refractivity contribution in [2.24, 2.45) is 11.8 Å². The maximum Gasteiger partial charge on any atom is 0.225 e. The van der Waals surface area contributed by atoms with Crippen molar-refractivity contribution in [3.63, 3.8) is 0 Å². The summed E-state index contributed by atoms with van der Waals surface area (Å²) in [7, 11) is 2.03. The normalized spacial score (nSPS) is 17.2. The molecule has 1 aliphatic heterocycles. The Bertz CT molecular complexity index is 366. The Balaban J connectivity index is 1.89. The predicted octanol–water partition coefficient (Wildman–Crippen LogP) is 2.11. The van der Waals surface area contributed by atoms with Crippen LogP contribution < -0.4 is 10.2 Å². The van der Waals surface area contributed by atoms with E-state index in [0.717, 1.165) is 37.9 Å². The number of hydrogen-bond donors (Lipinski definition) is 1. The number of nitrogens with zero attached hydrogens (tertiary/aromatic N) is 3. The summed E-state index contributed by atoms with van der Waals surface area (Å²) in [5.74, 6) is 2.36. The molecular formula is C15H26N4. The molecule has 2 heterocycles. The van der Waals surface area contributed by atoms with Gasteiger partial charge in [0.15, 0.2) is 0 Å². The molecule has 0 aliphatic carbocycles. The van der Waals surface area contributed by atoms with Gasteiger partial charge in [-0.3, -0.25) is 0 Å². The fourth-order valence-electron chi connectivity index (χ4n) is 2.71. The zero-order chi connectivity index (χ0) is 13.7. The first-order chi connectivity index (χ1) is 9.19. The molecule has 106 valence electrons. The highest BCUT2D eigenvalue weighted by molar-refractivity contribution is 5.30. The van der Waals surface area contributed by atoms with Crippen LogP contribution in [0.3, 0.4) is 0 Å². The third-order valence-corrected chi connectivity index (χ3v) is 3.73. The molecular weight excluding hydrogens is 236 g/mol. The van der Waals surface area contributed by atoms with E-state index in [4.69, 9.17) is 0 Å². The quantitative estimate of drug-likeness (QED) is 0.882. The standard InChI is InChI=1S/C15H26N4/c1-12(2)8-14-10-17-15(18-11-14)19-6-4-13(5-7-19)9-16-3/h10-13,16H,4-9H2,1-3H3. The molecule has 0 aromatic carbocycles. The zero-order valence-electron chi connectivity index (χ0n) is 12.4. The third-order valence-electron chi connectivity index (χ3n) is 3.73. The molecule has 0 atom stereocenters. The number of hydrogen-bond acceptors (Lipinski definition) is 4. The lowest BCUT2D eigenvalue weighted by Gasteiger charge is -2.31. The van der Waals surface area contributed by atoms with Crippen LogP contribution in [0, 0.1) is 11.8 Å². The van der Waals surface area contributed by atoms with Crippen LogP contribution in [0.1, 0.15) is 32.3 Å². The monoisotopic (exact) mass is 262 g/mol. The fraction of sp³-hybridized carbons (Fsp3) is 0.733. The molecule has 1 aliphatic rings. The van der Waals surface area contributed by atoms with Gasteiger partial charge in [-0.2, -0.15) is 0 Å². The van der Waals surface area contributed by atoms with E-state index >= 15 is 0 Å². The molecule has 2 rings (SSSR count). The first-order valence-corrected chi connectivity index (χ1v) is 7.39. The van der Waals surface area contributed by atoms with Crippen LogP contribution >= 0.6 is 0 Å². The van der Waals surface area contributed by atoms with Gasteiger partial charge in [-0.15, -0.1) is 0 Å². The second-order valence-corrected chi connectivity index (χ2v) is 5.98. The van der Waals surface area contributed by atoms with Gasteiger partial charge in [-0.05, 0) is 50.3 Å². The second kappa shape index (κ2) is 6.85. The molecule has 0 spiro atoms. The maximum atomic E-state index is 4.53. The first kappa shape index (κ1) is 14.3. The van der Waals surface area contributed by atoms with Crippen molar-refractivity contribution in [1.29, 1.82) is 0 Å². The Hall–Kier alpha value is -1.16.